The summed E-state index contributed by atoms with van der Waals surface area (Å²) in [6, 6.07) is 12.9. The van der Waals surface area contributed by atoms with Crippen molar-refractivity contribution < 1.29 is 4.74 Å². The Morgan fingerprint density at radius 1 is 1.00 bits per heavy atom. The number of benzene rings is 1. The predicted octanol–water partition coefficient (Wildman–Crippen LogP) is 5.68. The van der Waals surface area contributed by atoms with Crippen LogP contribution in [0.2, 0.25) is 0 Å². The minimum atomic E-state index is -1.06. The third-order valence-corrected chi connectivity index (χ3v) is 9.51. The van der Waals surface area contributed by atoms with Crippen LogP contribution >= 0.6 is 23.5 Å². The normalized spacial score (nSPS) is 27.6. The van der Waals surface area contributed by atoms with Crippen molar-refractivity contribution in [3.05, 3.63) is 29.8 Å². The van der Waals surface area contributed by atoms with E-state index in [1.54, 1.807) is 23.5 Å². The number of fused-ring (bicyclic) bond motifs is 1. The van der Waals surface area contributed by atoms with Gasteiger partial charge in [-0.1, -0.05) is 45.7 Å². The molecule has 3 atom stereocenters. The first-order valence-electron chi connectivity index (χ1n) is 11.2. The van der Waals surface area contributed by atoms with Gasteiger partial charge in [0.05, 0.1) is 18.7 Å². The number of hydrogen-bond donors (Lipinski definition) is 1. The highest BCUT2D eigenvalue weighted by Gasteiger charge is 2.91. The molecule has 5 nitrogen and oxygen atoms in total. The number of nitriles is 2. The minimum absolute atomic E-state index is 0.282. The largest absolute Gasteiger partial charge is 0.494 e. The van der Waals surface area contributed by atoms with Gasteiger partial charge in [-0.3, -0.25) is 0 Å². The second-order valence-electron chi connectivity index (χ2n) is 8.17. The fourth-order valence-corrected chi connectivity index (χ4v) is 8.23. The molecule has 1 aromatic rings. The maximum Gasteiger partial charge on any atom is 0.175 e. The van der Waals surface area contributed by atoms with E-state index >= 15 is 0 Å². The summed E-state index contributed by atoms with van der Waals surface area (Å²) in [5, 5.41) is 20.9. The molecule has 1 aliphatic carbocycles. The first kappa shape index (κ1) is 23.8. The maximum atomic E-state index is 10.6. The summed E-state index contributed by atoms with van der Waals surface area (Å²) in [6.07, 6.45) is 5.19. The van der Waals surface area contributed by atoms with Gasteiger partial charge < -0.3 is 10.5 Å². The van der Waals surface area contributed by atoms with Crippen molar-refractivity contribution in [1.82, 2.24) is 0 Å². The minimum Gasteiger partial charge on any atom is -0.494 e. The Labute approximate surface area is 194 Å². The molecule has 0 saturated heterocycles. The highest BCUT2D eigenvalue weighted by Crippen LogP contribution is 2.85. The van der Waals surface area contributed by atoms with Crippen LogP contribution in [0.4, 0.5) is 0 Å². The number of ether oxygens (including phenoxy) is 1. The number of hydrogen-bond acceptors (Lipinski definition) is 7. The Hall–Kier alpha value is -1.83. The lowest BCUT2D eigenvalue weighted by Crippen LogP contribution is -2.32. The van der Waals surface area contributed by atoms with Gasteiger partial charge in [-0.2, -0.15) is 10.5 Å². The van der Waals surface area contributed by atoms with E-state index in [9.17, 15) is 10.5 Å². The Bertz CT molecular complexity index is 878. The molecule has 0 radical (unpaired) electrons. The molecule has 2 aliphatic rings. The van der Waals surface area contributed by atoms with Crippen molar-refractivity contribution in [3.8, 4) is 17.9 Å². The smallest absolute Gasteiger partial charge is 0.175 e. The van der Waals surface area contributed by atoms with E-state index in [0.717, 1.165) is 54.9 Å². The molecule has 1 aliphatic heterocycles. The highest BCUT2D eigenvalue weighted by molar-refractivity contribution is 8.18. The SMILES string of the molecule is CCCCSC1(SCCCC)N=C(N)C2(C#N)C(c3ccc(OCCC)cc3)C12C#N. The summed E-state index contributed by atoms with van der Waals surface area (Å²) >= 11 is 3.41. The number of unbranched alkanes of at least 4 members (excludes halogenated alkanes) is 2. The van der Waals surface area contributed by atoms with Crippen molar-refractivity contribution in [2.24, 2.45) is 21.6 Å². The van der Waals surface area contributed by atoms with Crippen molar-refractivity contribution in [1.29, 1.82) is 10.5 Å². The van der Waals surface area contributed by atoms with E-state index < -0.39 is 15.0 Å². The molecule has 1 heterocycles. The Balaban J connectivity index is 2.01. The van der Waals surface area contributed by atoms with Crippen LogP contribution in [0.1, 0.15) is 64.4 Å². The average Bonchev–Trinajstić information content (AvgIpc) is 3.37. The van der Waals surface area contributed by atoms with Crippen LogP contribution < -0.4 is 10.5 Å². The molecule has 7 heteroatoms. The van der Waals surface area contributed by atoms with E-state index in [1.807, 2.05) is 24.3 Å². The zero-order valence-electron chi connectivity index (χ0n) is 18.7. The van der Waals surface area contributed by atoms with Crippen molar-refractivity contribution >= 4 is 29.4 Å². The van der Waals surface area contributed by atoms with Gasteiger partial charge in [0.15, 0.2) is 4.20 Å². The molecular weight excluding hydrogens is 424 g/mol. The van der Waals surface area contributed by atoms with E-state index in [4.69, 9.17) is 15.5 Å². The van der Waals surface area contributed by atoms with Gasteiger partial charge in [-0.05, 0) is 48.5 Å². The number of nitrogens with zero attached hydrogens (tertiary/aromatic N) is 3. The van der Waals surface area contributed by atoms with Crippen LogP contribution in [0.3, 0.4) is 0 Å². The predicted molar refractivity (Wildman–Crippen MR) is 130 cm³/mol. The quantitative estimate of drug-likeness (QED) is 0.321. The van der Waals surface area contributed by atoms with Crippen LogP contribution in [0.5, 0.6) is 5.75 Å². The molecule has 31 heavy (non-hydrogen) atoms. The molecule has 166 valence electrons. The zero-order chi connectivity index (χ0) is 22.5. The topological polar surface area (TPSA) is 95.2 Å². The molecule has 3 unspecified atom stereocenters. The highest BCUT2D eigenvalue weighted by atomic mass is 32.2. The van der Waals surface area contributed by atoms with Crippen molar-refractivity contribution in [2.45, 2.75) is 63.0 Å². The summed E-state index contributed by atoms with van der Waals surface area (Å²) in [5.74, 6) is 2.63. The molecule has 2 N–H and O–H groups in total. The first-order valence-corrected chi connectivity index (χ1v) is 13.2. The Morgan fingerprint density at radius 3 is 2.10 bits per heavy atom. The van der Waals surface area contributed by atoms with Gasteiger partial charge in [0, 0.05) is 5.92 Å². The van der Waals surface area contributed by atoms with Gasteiger partial charge in [0.25, 0.3) is 0 Å². The summed E-state index contributed by atoms with van der Waals surface area (Å²) in [6.45, 7) is 7.05. The molecule has 0 amide bonds. The summed E-state index contributed by atoms with van der Waals surface area (Å²) in [4.78, 5) is 4.86. The monoisotopic (exact) mass is 456 g/mol. The third kappa shape index (κ3) is 3.60. The Morgan fingerprint density at radius 2 is 1.61 bits per heavy atom. The summed E-state index contributed by atoms with van der Waals surface area (Å²) in [5.41, 5.74) is 5.40. The molecule has 0 bridgehead atoms. The van der Waals surface area contributed by atoms with Crippen molar-refractivity contribution in [3.63, 3.8) is 0 Å². The molecular formula is C24H32N4OS2. The number of rotatable bonds is 12. The number of nitrogens with two attached hydrogens (primary N) is 1. The molecule has 1 fully saturated rings. The fraction of sp³-hybridized carbons (Fsp3) is 0.625. The number of aliphatic imine (C=N–C) groups is 1. The lowest BCUT2D eigenvalue weighted by molar-refractivity contribution is 0.317. The van der Waals surface area contributed by atoms with Crippen LogP contribution in [-0.4, -0.2) is 28.2 Å². The van der Waals surface area contributed by atoms with Gasteiger partial charge in [-0.15, -0.1) is 23.5 Å². The second-order valence-corrected chi connectivity index (χ2v) is 11.0. The molecule has 1 aromatic carbocycles. The standard InChI is InChI=1S/C24H32N4OS2/c1-4-7-14-30-24(31-15-8-5-2)23(17-26)20(22(23,16-25)21(27)28-24)18-9-11-19(12-10-18)29-13-6-3/h9-12,20H,4-8,13-15H2,1-3H3,(H2,27,28). The first-order chi connectivity index (χ1) is 15.0. The van der Waals surface area contributed by atoms with E-state index in [1.165, 1.54) is 0 Å². The summed E-state index contributed by atoms with van der Waals surface area (Å²) < 4.78 is 4.97. The van der Waals surface area contributed by atoms with Crippen LogP contribution in [0.15, 0.2) is 29.3 Å². The summed E-state index contributed by atoms with van der Waals surface area (Å²) in [7, 11) is 0. The van der Waals surface area contributed by atoms with Crippen LogP contribution in [-0.2, 0) is 0 Å². The second kappa shape index (κ2) is 9.76. The third-order valence-electron chi connectivity index (χ3n) is 6.20. The van der Waals surface area contributed by atoms with Crippen molar-refractivity contribution in [2.75, 3.05) is 18.1 Å². The maximum absolute atomic E-state index is 10.6. The zero-order valence-corrected chi connectivity index (χ0v) is 20.3. The van der Waals surface area contributed by atoms with Crippen LogP contribution in [0.25, 0.3) is 0 Å². The van der Waals surface area contributed by atoms with Gasteiger partial charge in [0.2, 0.25) is 0 Å². The Kier molecular flexibility index (Phi) is 7.50. The fourth-order valence-electron chi connectivity index (χ4n) is 4.54. The number of thioether (sulfide) groups is 2. The molecule has 0 aromatic heterocycles. The lowest BCUT2D eigenvalue weighted by Gasteiger charge is -2.32. The average molecular weight is 457 g/mol. The lowest BCUT2D eigenvalue weighted by atomic mass is 9.97. The van der Waals surface area contributed by atoms with Crippen LogP contribution in [0, 0.1) is 33.5 Å². The molecule has 0 spiro atoms. The van der Waals surface area contributed by atoms with Gasteiger partial charge >= 0.3 is 0 Å². The van der Waals surface area contributed by atoms with Gasteiger partial charge in [0.1, 0.15) is 22.4 Å². The molecule has 3 rings (SSSR count). The molecule has 1 saturated carbocycles. The van der Waals surface area contributed by atoms with E-state index in [-0.39, 0.29) is 5.92 Å². The van der Waals surface area contributed by atoms with Gasteiger partial charge in [-0.25, -0.2) is 4.99 Å². The van der Waals surface area contributed by atoms with E-state index in [2.05, 4.69) is 32.9 Å². The van der Waals surface area contributed by atoms with E-state index in [0.29, 0.717) is 12.4 Å². The number of amidine groups is 1.